The number of esters is 2. The molecule has 1 aliphatic heterocycles. The molecule has 0 bridgehead atoms. The fourth-order valence-corrected chi connectivity index (χ4v) is 2.79. The maximum Gasteiger partial charge on any atom is 0.416 e. The Morgan fingerprint density at radius 2 is 1.41 bits per heavy atom. The molecule has 0 aromatic heterocycles. The van der Waals surface area contributed by atoms with E-state index in [0.29, 0.717) is 5.56 Å². The number of ether oxygens (including phenoxy) is 2. The molecule has 1 aromatic rings. The normalized spacial score (nSPS) is 15.1. The summed E-state index contributed by atoms with van der Waals surface area (Å²) in [4.78, 5) is 26.3. The number of hydrogen-bond donors (Lipinski definition) is 0. The zero-order chi connectivity index (χ0) is 20.2. The van der Waals surface area contributed by atoms with Crippen LogP contribution in [0.5, 0.6) is 0 Å². The van der Waals surface area contributed by atoms with E-state index in [9.17, 15) is 22.8 Å². The van der Waals surface area contributed by atoms with Gasteiger partial charge in [-0.25, -0.2) is 9.59 Å². The molecule has 0 saturated carbocycles. The van der Waals surface area contributed by atoms with Gasteiger partial charge in [0.2, 0.25) is 0 Å². The van der Waals surface area contributed by atoms with Crippen LogP contribution in [0, 0.1) is 0 Å². The Labute approximate surface area is 155 Å². The predicted molar refractivity (Wildman–Crippen MR) is 91.4 cm³/mol. The van der Waals surface area contributed by atoms with Crippen LogP contribution in [0.15, 0.2) is 47.8 Å². The van der Waals surface area contributed by atoms with Crippen LogP contribution < -0.4 is 0 Å². The first-order valence-electron chi connectivity index (χ1n) is 8.35. The van der Waals surface area contributed by atoms with E-state index in [2.05, 4.69) is 0 Å². The van der Waals surface area contributed by atoms with Crippen molar-refractivity contribution in [1.29, 1.82) is 0 Å². The molecule has 8 heteroatoms. The third-order valence-corrected chi connectivity index (χ3v) is 3.90. The standard InChI is InChI=1S/C19H20F3NO4/c1-4-26-17(24)14-10-23(3)11-15(18(25)27-5-2)16(14)12-6-8-13(9-7-12)19(20,21)22/h6-11,16H,4-5H2,1-3H3. The molecule has 1 heterocycles. The van der Waals surface area contributed by atoms with Gasteiger partial charge in [-0.1, -0.05) is 12.1 Å². The van der Waals surface area contributed by atoms with E-state index in [1.807, 2.05) is 0 Å². The van der Waals surface area contributed by atoms with Gasteiger partial charge in [-0.05, 0) is 31.5 Å². The van der Waals surface area contributed by atoms with E-state index in [1.54, 1.807) is 20.9 Å². The maximum atomic E-state index is 12.8. The summed E-state index contributed by atoms with van der Waals surface area (Å²) in [6.07, 6.45) is -1.50. The lowest BCUT2D eigenvalue weighted by Crippen LogP contribution is -2.28. The van der Waals surface area contributed by atoms with Gasteiger partial charge in [0.05, 0.1) is 35.8 Å². The Kier molecular flexibility index (Phi) is 6.30. The van der Waals surface area contributed by atoms with Gasteiger partial charge in [0.25, 0.3) is 0 Å². The summed E-state index contributed by atoms with van der Waals surface area (Å²) in [7, 11) is 1.63. The van der Waals surface area contributed by atoms with Crippen LogP contribution in [0.25, 0.3) is 0 Å². The van der Waals surface area contributed by atoms with Gasteiger partial charge < -0.3 is 14.4 Å². The summed E-state index contributed by atoms with van der Waals surface area (Å²) in [5, 5.41) is 0. The summed E-state index contributed by atoms with van der Waals surface area (Å²) in [5.41, 5.74) is -0.175. The van der Waals surface area contributed by atoms with Crippen molar-refractivity contribution in [3.05, 3.63) is 58.9 Å². The molecule has 1 aromatic carbocycles. The lowest BCUT2D eigenvalue weighted by atomic mass is 9.83. The first kappa shape index (κ1) is 20.5. The van der Waals surface area contributed by atoms with Gasteiger partial charge in [-0.2, -0.15) is 13.2 Å². The first-order chi connectivity index (χ1) is 12.7. The second kappa shape index (κ2) is 8.28. The largest absolute Gasteiger partial charge is 0.463 e. The molecular formula is C19H20F3NO4. The van der Waals surface area contributed by atoms with Crippen LogP contribution in [0.4, 0.5) is 13.2 Å². The number of benzene rings is 1. The smallest absolute Gasteiger partial charge is 0.416 e. The van der Waals surface area contributed by atoms with Crippen LogP contribution in [-0.2, 0) is 25.2 Å². The third kappa shape index (κ3) is 4.69. The van der Waals surface area contributed by atoms with Crippen molar-refractivity contribution in [2.75, 3.05) is 20.3 Å². The molecule has 0 atom stereocenters. The summed E-state index contributed by atoms with van der Waals surface area (Å²) < 4.78 is 48.6. The summed E-state index contributed by atoms with van der Waals surface area (Å²) in [6.45, 7) is 3.52. The van der Waals surface area contributed by atoms with Crippen molar-refractivity contribution in [2.45, 2.75) is 25.9 Å². The Morgan fingerprint density at radius 1 is 0.963 bits per heavy atom. The van der Waals surface area contributed by atoms with Gasteiger partial charge in [0.15, 0.2) is 0 Å². The minimum absolute atomic E-state index is 0.123. The van der Waals surface area contributed by atoms with E-state index < -0.39 is 29.6 Å². The number of carbonyl (C=O) groups excluding carboxylic acids is 2. The number of alkyl halides is 3. The number of carbonyl (C=O) groups is 2. The SMILES string of the molecule is CCOC(=O)C1=CN(C)C=C(C(=O)OCC)C1c1ccc(C(F)(F)F)cc1. The van der Waals surface area contributed by atoms with E-state index in [-0.39, 0.29) is 24.4 Å². The monoisotopic (exact) mass is 383 g/mol. The zero-order valence-corrected chi connectivity index (χ0v) is 15.2. The molecule has 27 heavy (non-hydrogen) atoms. The highest BCUT2D eigenvalue weighted by Crippen LogP contribution is 2.38. The van der Waals surface area contributed by atoms with Crippen molar-refractivity contribution in [3.8, 4) is 0 Å². The summed E-state index contributed by atoms with van der Waals surface area (Å²) in [6, 6.07) is 4.33. The highest BCUT2D eigenvalue weighted by atomic mass is 19.4. The molecule has 0 N–H and O–H groups in total. The average Bonchev–Trinajstić information content (AvgIpc) is 2.60. The van der Waals surface area contributed by atoms with Gasteiger partial charge in [-0.15, -0.1) is 0 Å². The number of nitrogens with zero attached hydrogens (tertiary/aromatic N) is 1. The zero-order valence-electron chi connectivity index (χ0n) is 15.2. The quantitative estimate of drug-likeness (QED) is 0.727. The molecule has 146 valence electrons. The minimum Gasteiger partial charge on any atom is -0.463 e. The predicted octanol–water partition coefficient (Wildman–Crippen LogP) is 3.63. The average molecular weight is 383 g/mol. The van der Waals surface area contributed by atoms with Crippen LogP contribution in [0.2, 0.25) is 0 Å². The van der Waals surface area contributed by atoms with Crippen LogP contribution in [0.1, 0.15) is 30.9 Å². The van der Waals surface area contributed by atoms with Crippen molar-refractivity contribution < 1.29 is 32.2 Å². The topological polar surface area (TPSA) is 55.8 Å². The second-order valence-corrected chi connectivity index (χ2v) is 5.83. The Balaban J connectivity index is 2.52. The fraction of sp³-hybridized carbons (Fsp3) is 0.368. The Hall–Kier alpha value is -2.77. The van der Waals surface area contributed by atoms with Crippen LogP contribution >= 0.6 is 0 Å². The molecule has 0 saturated heterocycles. The van der Waals surface area contributed by atoms with Crippen LogP contribution in [-0.4, -0.2) is 37.1 Å². The molecule has 0 fully saturated rings. The summed E-state index contributed by atoms with van der Waals surface area (Å²) in [5.74, 6) is -2.19. The molecular weight excluding hydrogens is 363 g/mol. The van der Waals surface area contributed by atoms with E-state index in [4.69, 9.17) is 9.47 Å². The highest BCUT2D eigenvalue weighted by molar-refractivity contribution is 5.98. The molecule has 5 nitrogen and oxygen atoms in total. The number of halogens is 3. The third-order valence-electron chi connectivity index (χ3n) is 3.90. The number of hydrogen-bond acceptors (Lipinski definition) is 5. The summed E-state index contributed by atoms with van der Waals surface area (Å²) >= 11 is 0. The Morgan fingerprint density at radius 3 is 1.78 bits per heavy atom. The van der Waals surface area contributed by atoms with Gasteiger partial charge in [-0.3, -0.25) is 0 Å². The van der Waals surface area contributed by atoms with Crippen LogP contribution in [0.3, 0.4) is 0 Å². The van der Waals surface area contributed by atoms with Gasteiger partial charge in [0.1, 0.15) is 0 Å². The second-order valence-electron chi connectivity index (χ2n) is 5.83. The fourth-order valence-electron chi connectivity index (χ4n) is 2.79. The number of rotatable bonds is 5. The first-order valence-corrected chi connectivity index (χ1v) is 8.35. The molecule has 0 spiro atoms. The van der Waals surface area contributed by atoms with Gasteiger partial charge >= 0.3 is 18.1 Å². The Bertz CT molecular complexity index is 730. The van der Waals surface area contributed by atoms with Crippen molar-refractivity contribution >= 4 is 11.9 Å². The lowest BCUT2D eigenvalue weighted by molar-refractivity contribution is -0.140. The highest BCUT2D eigenvalue weighted by Gasteiger charge is 2.36. The molecule has 1 aliphatic rings. The molecule has 0 radical (unpaired) electrons. The molecule has 0 unspecified atom stereocenters. The van der Waals surface area contributed by atoms with E-state index in [0.717, 1.165) is 12.1 Å². The minimum atomic E-state index is -4.48. The molecule has 0 aliphatic carbocycles. The molecule has 2 rings (SSSR count). The van der Waals surface area contributed by atoms with Crippen molar-refractivity contribution in [1.82, 2.24) is 4.90 Å². The van der Waals surface area contributed by atoms with E-state index >= 15 is 0 Å². The van der Waals surface area contributed by atoms with E-state index in [1.165, 1.54) is 29.4 Å². The van der Waals surface area contributed by atoms with Gasteiger partial charge in [0, 0.05) is 19.4 Å². The van der Waals surface area contributed by atoms with Crippen molar-refractivity contribution in [3.63, 3.8) is 0 Å². The molecule has 0 amide bonds. The van der Waals surface area contributed by atoms with Crippen molar-refractivity contribution in [2.24, 2.45) is 0 Å². The maximum absolute atomic E-state index is 12.8. The lowest BCUT2D eigenvalue weighted by Gasteiger charge is -2.28.